The number of hydrogen-bond donors (Lipinski definition) is 1. The van der Waals surface area contributed by atoms with Crippen LogP contribution in [-0.4, -0.2) is 36.4 Å². The summed E-state index contributed by atoms with van der Waals surface area (Å²) in [6.07, 6.45) is 41.3. The molecule has 0 amide bonds. The molecule has 0 spiro atoms. The van der Waals surface area contributed by atoms with Gasteiger partial charge in [0.1, 0.15) is 6.61 Å². The standard InChI is InChI=1S/C37H62O5/c1-3-5-7-9-11-13-15-17-18-20-22-24-26-28-30-32-37(40)42-35(33-38)34-41-36(39)31-29-27-25-23-21-19-16-14-12-10-8-6-4-2/h5,7,11,13-14,16-18,22,24,35,38H,3-4,6,8-10,12,15,19-21,23,25-34H2,1-2H3/b7-5+,13-11+,16-14+,18-17+,24-22+/t35-/m0/s1. The van der Waals surface area contributed by atoms with E-state index in [0.717, 1.165) is 70.6 Å². The Hall–Kier alpha value is -2.40. The van der Waals surface area contributed by atoms with Crippen molar-refractivity contribution in [3.8, 4) is 0 Å². The molecular formula is C37H62O5. The number of aliphatic hydroxyl groups excluding tert-OH is 1. The number of allylic oxidation sites excluding steroid dienone is 10. The number of carbonyl (C=O) groups excluding carboxylic acids is 2. The second kappa shape index (κ2) is 33.1. The first-order valence-corrected chi connectivity index (χ1v) is 16.8. The van der Waals surface area contributed by atoms with Gasteiger partial charge in [-0.25, -0.2) is 0 Å². The van der Waals surface area contributed by atoms with Gasteiger partial charge >= 0.3 is 11.9 Å². The topological polar surface area (TPSA) is 72.8 Å². The van der Waals surface area contributed by atoms with Gasteiger partial charge < -0.3 is 14.6 Å². The Morgan fingerprint density at radius 1 is 0.571 bits per heavy atom. The van der Waals surface area contributed by atoms with Crippen molar-refractivity contribution >= 4 is 11.9 Å². The van der Waals surface area contributed by atoms with E-state index in [2.05, 4.69) is 74.6 Å². The van der Waals surface area contributed by atoms with Crippen LogP contribution in [0.3, 0.4) is 0 Å². The van der Waals surface area contributed by atoms with E-state index in [1.165, 1.54) is 44.9 Å². The van der Waals surface area contributed by atoms with Gasteiger partial charge in [0.15, 0.2) is 6.10 Å². The fourth-order valence-electron chi connectivity index (χ4n) is 4.24. The molecule has 1 atom stereocenters. The Kier molecular flexibility index (Phi) is 31.2. The number of aliphatic hydroxyl groups is 1. The number of hydrogen-bond acceptors (Lipinski definition) is 5. The lowest BCUT2D eigenvalue weighted by molar-refractivity contribution is -0.161. The Morgan fingerprint density at radius 3 is 1.62 bits per heavy atom. The molecule has 0 heterocycles. The molecule has 0 aliphatic carbocycles. The maximum absolute atomic E-state index is 12.1. The molecular weight excluding hydrogens is 524 g/mol. The highest BCUT2D eigenvalue weighted by molar-refractivity contribution is 5.70. The number of unbranched alkanes of at least 4 members (excludes halogenated alkanes) is 11. The maximum Gasteiger partial charge on any atom is 0.306 e. The monoisotopic (exact) mass is 586 g/mol. The third-order valence-electron chi connectivity index (χ3n) is 6.80. The second-order valence-electron chi connectivity index (χ2n) is 10.9. The zero-order chi connectivity index (χ0) is 30.8. The van der Waals surface area contributed by atoms with E-state index < -0.39 is 6.10 Å². The summed E-state index contributed by atoms with van der Waals surface area (Å²) in [5.41, 5.74) is 0. The van der Waals surface area contributed by atoms with E-state index in [9.17, 15) is 14.7 Å². The van der Waals surface area contributed by atoms with Gasteiger partial charge in [-0.15, -0.1) is 0 Å². The predicted molar refractivity (Wildman–Crippen MR) is 177 cm³/mol. The van der Waals surface area contributed by atoms with Crippen LogP contribution in [-0.2, 0) is 19.1 Å². The average Bonchev–Trinajstić information content (AvgIpc) is 2.99. The quantitative estimate of drug-likeness (QED) is 0.0536. The lowest BCUT2D eigenvalue weighted by Crippen LogP contribution is -2.28. The van der Waals surface area contributed by atoms with Gasteiger partial charge in [-0.1, -0.05) is 113 Å². The number of rotatable bonds is 29. The first-order chi connectivity index (χ1) is 20.6. The van der Waals surface area contributed by atoms with Crippen LogP contribution >= 0.6 is 0 Å². The number of carbonyl (C=O) groups is 2. The fraction of sp³-hybridized carbons (Fsp3) is 0.676. The molecule has 0 aliphatic heterocycles. The molecule has 0 aliphatic rings. The maximum atomic E-state index is 12.1. The molecule has 0 saturated carbocycles. The summed E-state index contributed by atoms with van der Waals surface area (Å²) in [5.74, 6) is -0.657. The van der Waals surface area contributed by atoms with E-state index in [4.69, 9.17) is 9.47 Å². The Morgan fingerprint density at radius 2 is 1.02 bits per heavy atom. The smallest absolute Gasteiger partial charge is 0.306 e. The minimum atomic E-state index is -0.796. The minimum Gasteiger partial charge on any atom is -0.462 e. The van der Waals surface area contributed by atoms with E-state index in [-0.39, 0.29) is 25.2 Å². The van der Waals surface area contributed by atoms with Crippen molar-refractivity contribution in [2.45, 2.75) is 148 Å². The van der Waals surface area contributed by atoms with Crippen LogP contribution in [0.1, 0.15) is 142 Å². The summed E-state index contributed by atoms with van der Waals surface area (Å²) < 4.78 is 10.5. The van der Waals surface area contributed by atoms with Gasteiger partial charge in [-0.2, -0.15) is 0 Å². The van der Waals surface area contributed by atoms with E-state index in [0.29, 0.717) is 12.8 Å². The molecule has 0 aromatic rings. The van der Waals surface area contributed by atoms with Crippen LogP contribution in [0.5, 0.6) is 0 Å². The lowest BCUT2D eigenvalue weighted by Gasteiger charge is -2.15. The van der Waals surface area contributed by atoms with Crippen LogP contribution < -0.4 is 0 Å². The average molecular weight is 587 g/mol. The molecule has 0 aromatic carbocycles. The van der Waals surface area contributed by atoms with Gasteiger partial charge in [0, 0.05) is 12.8 Å². The van der Waals surface area contributed by atoms with Gasteiger partial charge in [0.2, 0.25) is 0 Å². The largest absolute Gasteiger partial charge is 0.462 e. The Bertz CT molecular complexity index is 762. The SMILES string of the molecule is CC/C=C/C/C=C/C/C=C/C/C=C/CCCCC(=O)O[C@@H](CO)COC(=O)CCCCCCC/C=C/CCCCCC. The highest BCUT2D eigenvalue weighted by Gasteiger charge is 2.15. The molecule has 5 heteroatoms. The molecule has 0 aromatic heterocycles. The van der Waals surface area contributed by atoms with Crippen molar-refractivity contribution in [1.29, 1.82) is 0 Å². The summed E-state index contributed by atoms with van der Waals surface area (Å²) in [6, 6.07) is 0. The van der Waals surface area contributed by atoms with Gasteiger partial charge in [-0.3, -0.25) is 9.59 Å². The third-order valence-corrected chi connectivity index (χ3v) is 6.80. The Balaban J connectivity index is 3.70. The molecule has 0 fully saturated rings. The minimum absolute atomic E-state index is 0.0895. The molecule has 5 nitrogen and oxygen atoms in total. The van der Waals surface area contributed by atoms with Crippen molar-refractivity contribution < 1.29 is 24.2 Å². The second-order valence-corrected chi connectivity index (χ2v) is 10.9. The molecule has 42 heavy (non-hydrogen) atoms. The zero-order valence-corrected chi connectivity index (χ0v) is 27.0. The van der Waals surface area contributed by atoms with Crippen LogP contribution in [0.25, 0.3) is 0 Å². The van der Waals surface area contributed by atoms with E-state index in [1.807, 2.05) is 0 Å². The molecule has 0 radical (unpaired) electrons. The zero-order valence-electron chi connectivity index (χ0n) is 27.0. The van der Waals surface area contributed by atoms with Gasteiger partial charge in [0.05, 0.1) is 6.61 Å². The van der Waals surface area contributed by atoms with Gasteiger partial charge in [-0.05, 0) is 77.0 Å². The van der Waals surface area contributed by atoms with Crippen LogP contribution in [0.2, 0.25) is 0 Å². The summed E-state index contributed by atoms with van der Waals surface area (Å²) in [6.45, 7) is 3.94. The molecule has 0 bridgehead atoms. The number of ether oxygens (including phenoxy) is 2. The highest BCUT2D eigenvalue weighted by Crippen LogP contribution is 2.10. The molecule has 0 unspecified atom stereocenters. The summed E-state index contributed by atoms with van der Waals surface area (Å²) in [4.78, 5) is 24.1. The number of esters is 2. The summed E-state index contributed by atoms with van der Waals surface area (Å²) >= 11 is 0. The lowest BCUT2D eigenvalue weighted by atomic mass is 10.1. The van der Waals surface area contributed by atoms with E-state index >= 15 is 0 Å². The molecule has 1 N–H and O–H groups in total. The van der Waals surface area contributed by atoms with Crippen molar-refractivity contribution in [3.05, 3.63) is 60.8 Å². The molecule has 0 saturated heterocycles. The van der Waals surface area contributed by atoms with Crippen LogP contribution in [0, 0.1) is 0 Å². The molecule has 0 rings (SSSR count). The fourth-order valence-corrected chi connectivity index (χ4v) is 4.24. The van der Waals surface area contributed by atoms with Crippen molar-refractivity contribution in [1.82, 2.24) is 0 Å². The summed E-state index contributed by atoms with van der Waals surface area (Å²) in [5, 5.41) is 9.50. The summed E-state index contributed by atoms with van der Waals surface area (Å²) in [7, 11) is 0. The normalized spacial score (nSPS) is 12.9. The van der Waals surface area contributed by atoms with Gasteiger partial charge in [0.25, 0.3) is 0 Å². The predicted octanol–water partition coefficient (Wildman–Crippen LogP) is 10.1. The van der Waals surface area contributed by atoms with Crippen LogP contribution in [0.15, 0.2) is 60.8 Å². The van der Waals surface area contributed by atoms with Crippen molar-refractivity contribution in [2.75, 3.05) is 13.2 Å². The molecule has 240 valence electrons. The highest BCUT2D eigenvalue weighted by atomic mass is 16.6. The first kappa shape index (κ1) is 39.6. The third kappa shape index (κ3) is 30.6. The Labute approximate surface area is 258 Å². The first-order valence-electron chi connectivity index (χ1n) is 16.8. The van der Waals surface area contributed by atoms with E-state index in [1.54, 1.807) is 0 Å². The van der Waals surface area contributed by atoms with Crippen molar-refractivity contribution in [2.24, 2.45) is 0 Å². The van der Waals surface area contributed by atoms with Crippen molar-refractivity contribution in [3.63, 3.8) is 0 Å². The van der Waals surface area contributed by atoms with Crippen LogP contribution in [0.4, 0.5) is 0 Å².